The minimum absolute atomic E-state index is 0.280. The summed E-state index contributed by atoms with van der Waals surface area (Å²) in [6, 6.07) is 3.09. The molecule has 0 saturated heterocycles. The van der Waals surface area contributed by atoms with Crippen molar-refractivity contribution in [3.05, 3.63) is 23.9 Å². The number of carboxylic acids is 1. The second-order valence-corrected chi connectivity index (χ2v) is 4.84. The van der Waals surface area contributed by atoms with Crippen LogP contribution in [0.4, 0.5) is 5.82 Å². The highest BCUT2D eigenvalue weighted by molar-refractivity contribution is 5.88. The fourth-order valence-corrected chi connectivity index (χ4v) is 2.16. The summed E-state index contributed by atoms with van der Waals surface area (Å²) in [5, 5.41) is 12.1. The number of anilines is 1. The molecule has 1 aliphatic carbocycles. The van der Waals surface area contributed by atoms with Gasteiger partial charge in [-0.15, -0.1) is 0 Å². The van der Waals surface area contributed by atoms with E-state index in [1.807, 2.05) is 0 Å². The van der Waals surface area contributed by atoms with Crippen molar-refractivity contribution >= 4 is 11.8 Å². The SMILES string of the molecule is CCCC1(CNc2cc(C(=O)O)ccn2)CC1. The lowest BCUT2D eigenvalue weighted by Gasteiger charge is -2.15. The summed E-state index contributed by atoms with van der Waals surface area (Å²) in [7, 11) is 0. The highest BCUT2D eigenvalue weighted by atomic mass is 16.4. The van der Waals surface area contributed by atoms with E-state index >= 15 is 0 Å². The van der Waals surface area contributed by atoms with Gasteiger partial charge in [-0.2, -0.15) is 0 Å². The molecule has 1 fully saturated rings. The maximum absolute atomic E-state index is 10.8. The molecule has 1 aromatic heterocycles. The summed E-state index contributed by atoms with van der Waals surface area (Å²) in [5.41, 5.74) is 0.721. The molecule has 0 atom stereocenters. The van der Waals surface area contributed by atoms with Gasteiger partial charge in [-0.1, -0.05) is 13.3 Å². The van der Waals surface area contributed by atoms with Gasteiger partial charge in [0.15, 0.2) is 0 Å². The summed E-state index contributed by atoms with van der Waals surface area (Å²) in [6.07, 6.45) is 6.51. The fourth-order valence-electron chi connectivity index (χ4n) is 2.16. The van der Waals surface area contributed by atoms with Crippen molar-refractivity contribution in [2.24, 2.45) is 5.41 Å². The molecule has 0 bridgehead atoms. The van der Waals surface area contributed by atoms with Gasteiger partial charge in [0.2, 0.25) is 0 Å². The smallest absolute Gasteiger partial charge is 0.335 e. The highest BCUT2D eigenvalue weighted by Gasteiger charge is 2.41. The minimum atomic E-state index is -0.912. The Bertz CT molecular complexity index is 414. The van der Waals surface area contributed by atoms with Gasteiger partial charge in [-0.3, -0.25) is 0 Å². The Hall–Kier alpha value is -1.58. The van der Waals surface area contributed by atoms with Gasteiger partial charge in [0, 0.05) is 12.7 Å². The van der Waals surface area contributed by atoms with Crippen LogP contribution >= 0.6 is 0 Å². The maximum Gasteiger partial charge on any atom is 0.335 e. The van der Waals surface area contributed by atoms with E-state index in [0.717, 1.165) is 6.54 Å². The Labute approximate surface area is 101 Å². The Morgan fingerprint density at radius 2 is 2.35 bits per heavy atom. The molecule has 1 aliphatic rings. The van der Waals surface area contributed by atoms with Crippen LogP contribution in [-0.2, 0) is 0 Å². The van der Waals surface area contributed by atoms with E-state index in [1.165, 1.54) is 37.9 Å². The Morgan fingerprint density at radius 3 is 2.94 bits per heavy atom. The lowest BCUT2D eigenvalue weighted by molar-refractivity contribution is 0.0697. The van der Waals surface area contributed by atoms with E-state index in [1.54, 1.807) is 6.07 Å². The molecule has 1 heterocycles. The number of nitrogens with one attached hydrogen (secondary N) is 1. The molecule has 0 radical (unpaired) electrons. The van der Waals surface area contributed by atoms with Crippen LogP contribution in [0.15, 0.2) is 18.3 Å². The van der Waals surface area contributed by atoms with E-state index in [0.29, 0.717) is 11.2 Å². The molecule has 2 N–H and O–H groups in total. The molecular weight excluding hydrogens is 216 g/mol. The van der Waals surface area contributed by atoms with Crippen molar-refractivity contribution in [3.8, 4) is 0 Å². The number of rotatable bonds is 6. The van der Waals surface area contributed by atoms with Crippen LogP contribution in [0, 0.1) is 5.41 Å². The number of hydrogen-bond acceptors (Lipinski definition) is 3. The molecule has 0 amide bonds. The van der Waals surface area contributed by atoms with Gasteiger partial charge >= 0.3 is 5.97 Å². The molecule has 0 aromatic carbocycles. The van der Waals surface area contributed by atoms with Crippen molar-refractivity contribution < 1.29 is 9.90 Å². The summed E-state index contributed by atoms with van der Waals surface area (Å²) in [4.78, 5) is 15.0. The predicted molar refractivity (Wildman–Crippen MR) is 66.3 cm³/mol. The number of hydrogen-bond donors (Lipinski definition) is 2. The molecule has 17 heavy (non-hydrogen) atoms. The Morgan fingerprint density at radius 1 is 1.59 bits per heavy atom. The first-order valence-corrected chi connectivity index (χ1v) is 6.08. The van der Waals surface area contributed by atoms with Crippen LogP contribution in [-0.4, -0.2) is 22.6 Å². The monoisotopic (exact) mass is 234 g/mol. The summed E-state index contributed by atoms with van der Waals surface area (Å²) in [6.45, 7) is 3.10. The fraction of sp³-hybridized carbons (Fsp3) is 0.538. The molecule has 4 heteroatoms. The topological polar surface area (TPSA) is 62.2 Å². The summed E-state index contributed by atoms with van der Waals surface area (Å²) >= 11 is 0. The quantitative estimate of drug-likeness (QED) is 0.794. The number of aromatic carboxylic acids is 1. The summed E-state index contributed by atoms with van der Waals surface area (Å²) in [5.74, 6) is -0.252. The van der Waals surface area contributed by atoms with Crippen molar-refractivity contribution in [1.82, 2.24) is 4.98 Å². The van der Waals surface area contributed by atoms with Crippen LogP contribution in [0.2, 0.25) is 0 Å². The average molecular weight is 234 g/mol. The second-order valence-electron chi connectivity index (χ2n) is 4.84. The van der Waals surface area contributed by atoms with Crippen LogP contribution in [0.5, 0.6) is 0 Å². The zero-order chi connectivity index (χ0) is 12.3. The minimum Gasteiger partial charge on any atom is -0.478 e. The first kappa shape index (κ1) is 11.9. The van der Waals surface area contributed by atoms with Gasteiger partial charge in [0.25, 0.3) is 0 Å². The number of aromatic nitrogens is 1. The van der Waals surface area contributed by atoms with Crippen LogP contribution < -0.4 is 5.32 Å². The second kappa shape index (κ2) is 4.73. The average Bonchev–Trinajstić information content (AvgIpc) is 3.08. The molecule has 1 aromatic rings. The lowest BCUT2D eigenvalue weighted by atomic mass is 10.0. The third kappa shape index (κ3) is 2.96. The normalized spacial score (nSPS) is 16.5. The third-order valence-electron chi connectivity index (χ3n) is 3.39. The first-order chi connectivity index (χ1) is 8.15. The Kier molecular flexibility index (Phi) is 3.31. The van der Waals surface area contributed by atoms with E-state index in [4.69, 9.17) is 5.11 Å². The van der Waals surface area contributed by atoms with Gasteiger partial charge in [-0.05, 0) is 36.8 Å². The molecule has 2 rings (SSSR count). The van der Waals surface area contributed by atoms with Gasteiger partial charge in [-0.25, -0.2) is 9.78 Å². The molecule has 4 nitrogen and oxygen atoms in total. The largest absolute Gasteiger partial charge is 0.478 e. The van der Waals surface area contributed by atoms with Crippen molar-refractivity contribution in [3.63, 3.8) is 0 Å². The number of nitrogens with zero attached hydrogens (tertiary/aromatic N) is 1. The van der Waals surface area contributed by atoms with Gasteiger partial charge in [0.1, 0.15) is 5.82 Å². The first-order valence-electron chi connectivity index (χ1n) is 6.08. The van der Waals surface area contributed by atoms with Crippen molar-refractivity contribution in [2.75, 3.05) is 11.9 Å². The highest BCUT2D eigenvalue weighted by Crippen LogP contribution is 2.49. The van der Waals surface area contributed by atoms with E-state index in [-0.39, 0.29) is 5.56 Å². The van der Waals surface area contributed by atoms with E-state index < -0.39 is 5.97 Å². The third-order valence-corrected chi connectivity index (χ3v) is 3.39. The van der Waals surface area contributed by atoms with Gasteiger partial charge in [0.05, 0.1) is 5.56 Å². The molecule has 1 saturated carbocycles. The molecule has 92 valence electrons. The van der Waals surface area contributed by atoms with Crippen molar-refractivity contribution in [2.45, 2.75) is 32.6 Å². The van der Waals surface area contributed by atoms with Gasteiger partial charge < -0.3 is 10.4 Å². The molecule has 0 spiro atoms. The zero-order valence-electron chi connectivity index (χ0n) is 10.1. The Balaban J connectivity index is 1.95. The standard InChI is InChI=1S/C13H18N2O2/c1-2-4-13(5-6-13)9-15-11-8-10(12(16)17)3-7-14-11/h3,7-8H,2,4-6,9H2,1H3,(H,14,15)(H,16,17). The number of pyridine rings is 1. The maximum atomic E-state index is 10.8. The number of carbonyl (C=O) groups is 1. The van der Waals surface area contributed by atoms with Crippen LogP contribution in [0.1, 0.15) is 43.0 Å². The molecular formula is C13H18N2O2. The predicted octanol–water partition coefficient (Wildman–Crippen LogP) is 2.77. The summed E-state index contributed by atoms with van der Waals surface area (Å²) < 4.78 is 0. The number of carboxylic acid groups (broad SMARTS) is 1. The lowest BCUT2D eigenvalue weighted by Crippen LogP contribution is -2.16. The van der Waals surface area contributed by atoms with Crippen molar-refractivity contribution in [1.29, 1.82) is 0 Å². The molecule has 0 aliphatic heterocycles. The van der Waals surface area contributed by atoms with Crippen LogP contribution in [0.25, 0.3) is 0 Å². The van der Waals surface area contributed by atoms with Crippen LogP contribution in [0.3, 0.4) is 0 Å². The molecule has 0 unspecified atom stereocenters. The van der Waals surface area contributed by atoms with E-state index in [2.05, 4.69) is 17.2 Å². The van der Waals surface area contributed by atoms with E-state index in [9.17, 15) is 4.79 Å². The zero-order valence-corrected chi connectivity index (χ0v) is 10.1.